The van der Waals surface area contributed by atoms with E-state index in [9.17, 15) is 8.78 Å². The summed E-state index contributed by atoms with van der Waals surface area (Å²) in [5, 5.41) is 0. The molecule has 0 amide bonds. The van der Waals surface area contributed by atoms with Crippen LogP contribution in [-0.2, 0) is 0 Å². The van der Waals surface area contributed by atoms with E-state index >= 15 is 4.39 Å². The predicted octanol–water partition coefficient (Wildman–Crippen LogP) is 6.56. The third-order valence-corrected chi connectivity index (χ3v) is 6.26. The Labute approximate surface area is 149 Å². The van der Waals surface area contributed by atoms with E-state index in [0.29, 0.717) is 37.4 Å². The van der Waals surface area contributed by atoms with Crippen molar-refractivity contribution < 1.29 is 17.9 Å². The van der Waals surface area contributed by atoms with E-state index < -0.39 is 17.3 Å². The Morgan fingerprint density at radius 3 is 2.64 bits per heavy atom. The number of rotatable bonds is 5. The van der Waals surface area contributed by atoms with Crippen molar-refractivity contribution in [2.75, 3.05) is 6.61 Å². The van der Waals surface area contributed by atoms with Gasteiger partial charge in [-0.15, -0.1) is 0 Å². The van der Waals surface area contributed by atoms with Gasteiger partial charge in [0, 0.05) is 0 Å². The first kappa shape index (κ1) is 18.6. The summed E-state index contributed by atoms with van der Waals surface area (Å²) in [5.74, 6) is -1.30. The normalized spacial score (nSPS) is 32.3. The molecule has 4 heteroatoms. The molecule has 2 saturated carbocycles. The van der Waals surface area contributed by atoms with E-state index in [4.69, 9.17) is 4.74 Å². The van der Waals surface area contributed by atoms with Gasteiger partial charge in [0.1, 0.15) is 5.67 Å². The van der Waals surface area contributed by atoms with Crippen LogP contribution >= 0.6 is 0 Å². The number of ether oxygens (including phenoxy) is 1. The molecular formula is C21H29F3O. The lowest BCUT2D eigenvalue weighted by Gasteiger charge is -2.24. The maximum atomic E-state index is 15.4. The van der Waals surface area contributed by atoms with Crippen molar-refractivity contribution in [1.29, 1.82) is 0 Å². The molecule has 0 saturated heterocycles. The number of hydrogen-bond donors (Lipinski definition) is 0. The molecule has 0 aliphatic heterocycles. The van der Waals surface area contributed by atoms with Gasteiger partial charge < -0.3 is 4.74 Å². The molecule has 4 atom stereocenters. The summed E-state index contributed by atoms with van der Waals surface area (Å²) >= 11 is 0. The SMILES string of the molecule is CCCC1CC2CCC(c3ccc(OCC)c(F)c3F)CCC2(F)C1. The zero-order valence-corrected chi connectivity index (χ0v) is 15.3. The van der Waals surface area contributed by atoms with E-state index in [2.05, 4.69) is 6.92 Å². The van der Waals surface area contributed by atoms with E-state index in [-0.39, 0.29) is 17.6 Å². The van der Waals surface area contributed by atoms with Crippen LogP contribution < -0.4 is 4.74 Å². The summed E-state index contributed by atoms with van der Waals surface area (Å²) in [6, 6.07) is 3.13. The average molecular weight is 354 g/mol. The van der Waals surface area contributed by atoms with Crippen LogP contribution in [0.25, 0.3) is 0 Å². The molecule has 2 fully saturated rings. The Hall–Kier alpha value is -1.19. The molecule has 2 aliphatic rings. The van der Waals surface area contributed by atoms with Gasteiger partial charge in [0.05, 0.1) is 6.61 Å². The molecule has 1 aromatic rings. The number of hydrogen-bond acceptors (Lipinski definition) is 1. The molecular weight excluding hydrogens is 325 g/mol. The Balaban J connectivity index is 1.74. The van der Waals surface area contributed by atoms with Gasteiger partial charge >= 0.3 is 0 Å². The topological polar surface area (TPSA) is 9.23 Å². The van der Waals surface area contributed by atoms with Crippen LogP contribution in [0.5, 0.6) is 5.75 Å². The van der Waals surface area contributed by atoms with E-state index in [0.717, 1.165) is 32.1 Å². The largest absolute Gasteiger partial charge is 0.491 e. The average Bonchev–Trinajstić information content (AvgIpc) is 2.81. The Morgan fingerprint density at radius 1 is 1.12 bits per heavy atom. The van der Waals surface area contributed by atoms with Crippen LogP contribution in [0.15, 0.2) is 12.1 Å². The summed E-state index contributed by atoms with van der Waals surface area (Å²) in [6.45, 7) is 4.18. The summed E-state index contributed by atoms with van der Waals surface area (Å²) in [6.07, 6.45) is 6.38. The van der Waals surface area contributed by atoms with Crippen molar-refractivity contribution in [3.63, 3.8) is 0 Å². The fourth-order valence-electron chi connectivity index (χ4n) is 5.06. The molecule has 0 spiro atoms. The summed E-state index contributed by atoms with van der Waals surface area (Å²) in [7, 11) is 0. The quantitative estimate of drug-likeness (QED) is 0.582. The highest BCUT2D eigenvalue weighted by atomic mass is 19.2. The van der Waals surface area contributed by atoms with Crippen LogP contribution in [0.4, 0.5) is 13.2 Å². The van der Waals surface area contributed by atoms with Gasteiger partial charge in [0.25, 0.3) is 0 Å². The van der Waals surface area contributed by atoms with E-state index in [1.807, 2.05) is 0 Å². The van der Waals surface area contributed by atoms with Crippen LogP contribution in [0, 0.1) is 23.5 Å². The van der Waals surface area contributed by atoms with E-state index in [1.54, 1.807) is 13.0 Å². The number of alkyl halides is 1. The van der Waals surface area contributed by atoms with Crippen molar-refractivity contribution in [2.24, 2.45) is 11.8 Å². The third kappa shape index (κ3) is 3.68. The Morgan fingerprint density at radius 2 is 1.92 bits per heavy atom. The fraction of sp³-hybridized carbons (Fsp3) is 0.714. The number of fused-ring (bicyclic) bond motifs is 1. The minimum absolute atomic E-state index is 0.0430. The van der Waals surface area contributed by atoms with Crippen LogP contribution in [0.2, 0.25) is 0 Å². The molecule has 1 nitrogen and oxygen atoms in total. The number of benzene rings is 1. The lowest BCUT2D eigenvalue weighted by Crippen LogP contribution is -2.26. The predicted molar refractivity (Wildman–Crippen MR) is 93.7 cm³/mol. The van der Waals surface area contributed by atoms with Gasteiger partial charge in [-0.2, -0.15) is 4.39 Å². The third-order valence-electron chi connectivity index (χ3n) is 6.26. The molecule has 140 valence electrons. The van der Waals surface area contributed by atoms with Crippen molar-refractivity contribution in [3.05, 3.63) is 29.3 Å². The first-order chi connectivity index (χ1) is 12.0. The Kier molecular flexibility index (Phi) is 5.65. The van der Waals surface area contributed by atoms with Crippen LogP contribution in [0.1, 0.15) is 76.7 Å². The molecule has 1 aromatic carbocycles. The second kappa shape index (κ2) is 7.59. The molecule has 0 bridgehead atoms. The van der Waals surface area contributed by atoms with Crippen molar-refractivity contribution in [2.45, 2.75) is 76.8 Å². The fourth-order valence-corrected chi connectivity index (χ4v) is 5.06. The van der Waals surface area contributed by atoms with Gasteiger partial charge in [-0.3, -0.25) is 0 Å². The maximum absolute atomic E-state index is 15.4. The van der Waals surface area contributed by atoms with Crippen LogP contribution in [0.3, 0.4) is 0 Å². The molecule has 2 aliphatic carbocycles. The van der Waals surface area contributed by atoms with Crippen molar-refractivity contribution in [3.8, 4) is 5.75 Å². The minimum Gasteiger partial charge on any atom is -0.491 e. The molecule has 3 rings (SSSR count). The monoisotopic (exact) mass is 354 g/mol. The van der Waals surface area contributed by atoms with Gasteiger partial charge in [-0.25, -0.2) is 8.78 Å². The molecule has 0 heterocycles. The lowest BCUT2D eigenvalue weighted by atomic mass is 9.88. The lowest BCUT2D eigenvalue weighted by molar-refractivity contribution is 0.0982. The van der Waals surface area contributed by atoms with Gasteiger partial charge in [0.15, 0.2) is 11.6 Å². The zero-order valence-electron chi connectivity index (χ0n) is 15.3. The van der Waals surface area contributed by atoms with Crippen molar-refractivity contribution >= 4 is 0 Å². The summed E-state index contributed by atoms with van der Waals surface area (Å²) < 4.78 is 49.2. The van der Waals surface area contributed by atoms with Gasteiger partial charge in [0.2, 0.25) is 5.82 Å². The summed E-state index contributed by atoms with van der Waals surface area (Å²) in [5.41, 5.74) is -0.718. The first-order valence-electron chi connectivity index (χ1n) is 9.78. The first-order valence-corrected chi connectivity index (χ1v) is 9.78. The molecule has 25 heavy (non-hydrogen) atoms. The molecule has 4 unspecified atom stereocenters. The standard InChI is InChI=1S/C21H29F3O/c1-3-5-14-12-16-7-6-15(10-11-21(16,24)13-14)17-8-9-18(25-4-2)20(23)19(17)22/h8-9,14-16H,3-7,10-13H2,1-2H3. The second-order valence-corrected chi connectivity index (χ2v) is 7.85. The maximum Gasteiger partial charge on any atom is 0.200 e. The number of halogens is 3. The highest BCUT2D eigenvalue weighted by molar-refractivity contribution is 5.33. The highest BCUT2D eigenvalue weighted by Crippen LogP contribution is 2.53. The molecule has 0 radical (unpaired) electrons. The van der Waals surface area contributed by atoms with Crippen molar-refractivity contribution in [1.82, 2.24) is 0 Å². The summed E-state index contributed by atoms with van der Waals surface area (Å²) in [4.78, 5) is 0. The van der Waals surface area contributed by atoms with Gasteiger partial charge in [-0.05, 0) is 74.8 Å². The minimum atomic E-state index is -1.10. The smallest absolute Gasteiger partial charge is 0.200 e. The Bertz CT molecular complexity index is 603. The molecule has 0 N–H and O–H groups in total. The zero-order chi connectivity index (χ0) is 18.0. The van der Waals surface area contributed by atoms with Gasteiger partial charge in [-0.1, -0.05) is 25.8 Å². The van der Waals surface area contributed by atoms with Crippen LogP contribution in [-0.4, -0.2) is 12.3 Å². The highest BCUT2D eigenvalue weighted by Gasteiger charge is 2.48. The van der Waals surface area contributed by atoms with E-state index in [1.165, 1.54) is 6.07 Å². The molecule has 0 aromatic heterocycles. The second-order valence-electron chi connectivity index (χ2n) is 7.85.